The van der Waals surface area contributed by atoms with Gasteiger partial charge in [-0.3, -0.25) is 4.79 Å². The van der Waals surface area contributed by atoms with Gasteiger partial charge >= 0.3 is 0 Å². The maximum Gasteiger partial charge on any atom is 0.238 e. The Morgan fingerprint density at radius 3 is 2.43 bits per heavy atom. The fraction of sp³-hybridized carbons (Fsp3) is 0.188. The number of halogens is 1. The normalized spacial score (nSPS) is 18.4. The summed E-state index contributed by atoms with van der Waals surface area (Å²) in [6.45, 7) is 0.356. The van der Waals surface area contributed by atoms with Crippen LogP contribution in [-0.4, -0.2) is 20.9 Å². The molecule has 120 valence electrons. The third-order valence-electron chi connectivity index (χ3n) is 3.93. The number of rotatable bonds is 3. The maximum atomic E-state index is 14.2. The molecule has 3 rings (SSSR count). The van der Waals surface area contributed by atoms with Crippen LogP contribution in [0.1, 0.15) is 17.9 Å². The smallest absolute Gasteiger partial charge is 0.238 e. The zero-order valence-electron chi connectivity index (χ0n) is 12.1. The predicted octanol–water partition coefficient (Wildman–Crippen LogP) is 1.99. The Kier molecular flexibility index (Phi) is 3.91. The van der Waals surface area contributed by atoms with Gasteiger partial charge in [-0.15, -0.1) is 0 Å². The number of primary sulfonamides is 1. The van der Waals surface area contributed by atoms with Crippen molar-refractivity contribution >= 4 is 21.6 Å². The summed E-state index contributed by atoms with van der Waals surface area (Å²) in [7, 11) is -3.98. The van der Waals surface area contributed by atoms with Crippen molar-refractivity contribution in [3.63, 3.8) is 0 Å². The molecule has 1 amide bonds. The molecule has 1 atom stereocenters. The molecule has 0 aliphatic carbocycles. The molecule has 1 aliphatic heterocycles. The Labute approximate surface area is 133 Å². The Hall–Kier alpha value is -2.25. The minimum absolute atomic E-state index is 0.0129. The third kappa shape index (κ3) is 3.11. The van der Waals surface area contributed by atoms with Crippen LogP contribution >= 0.6 is 0 Å². The lowest BCUT2D eigenvalue weighted by Crippen LogP contribution is -2.25. The highest BCUT2D eigenvalue weighted by Gasteiger charge is 2.33. The van der Waals surface area contributed by atoms with Crippen molar-refractivity contribution in [1.29, 1.82) is 0 Å². The zero-order valence-corrected chi connectivity index (χ0v) is 13.0. The fourth-order valence-corrected chi connectivity index (χ4v) is 3.30. The Balaban J connectivity index is 1.89. The van der Waals surface area contributed by atoms with E-state index >= 15 is 0 Å². The Bertz CT molecular complexity index is 853. The van der Waals surface area contributed by atoms with Gasteiger partial charge in [0.25, 0.3) is 0 Å². The topological polar surface area (TPSA) is 80.5 Å². The molecule has 0 radical (unpaired) electrons. The number of carbonyl (C=O) groups excluding carboxylic acids is 1. The Morgan fingerprint density at radius 1 is 1.13 bits per heavy atom. The van der Waals surface area contributed by atoms with Crippen LogP contribution < -0.4 is 10.0 Å². The largest absolute Gasteiger partial charge is 0.309 e. The van der Waals surface area contributed by atoms with Gasteiger partial charge in [0.15, 0.2) is 0 Å². The van der Waals surface area contributed by atoms with Gasteiger partial charge in [0, 0.05) is 18.9 Å². The number of nitrogens with zero attached hydrogens (tertiary/aromatic N) is 1. The second-order valence-corrected chi connectivity index (χ2v) is 7.04. The summed E-state index contributed by atoms with van der Waals surface area (Å²) < 4.78 is 36.7. The van der Waals surface area contributed by atoms with Crippen molar-refractivity contribution in [2.75, 3.05) is 11.4 Å². The molecule has 0 saturated carbocycles. The van der Waals surface area contributed by atoms with Gasteiger partial charge in [-0.25, -0.2) is 17.9 Å². The Morgan fingerprint density at radius 2 is 1.83 bits per heavy atom. The lowest BCUT2D eigenvalue weighted by Gasteiger charge is -2.18. The molecule has 2 aromatic carbocycles. The minimum atomic E-state index is -3.98. The van der Waals surface area contributed by atoms with Crippen molar-refractivity contribution < 1.29 is 17.6 Å². The summed E-state index contributed by atoms with van der Waals surface area (Å²) >= 11 is 0. The quantitative estimate of drug-likeness (QED) is 0.932. The molecule has 23 heavy (non-hydrogen) atoms. The lowest BCUT2D eigenvalue weighted by atomic mass is 9.98. The SMILES string of the molecule is NS(=O)(=O)c1ccc(N2CC(c3ccccc3)CC2=O)c(F)c1. The summed E-state index contributed by atoms with van der Waals surface area (Å²) in [5.74, 6) is -0.985. The molecule has 0 aromatic heterocycles. The predicted molar refractivity (Wildman–Crippen MR) is 83.9 cm³/mol. The lowest BCUT2D eigenvalue weighted by molar-refractivity contribution is -0.117. The van der Waals surface area contributed by atoms with Crippen LogP contribution in [0.25, 0.3) is 0 Å². The van der Waals surface area contributed by atoms with E-state index < -0.39 is 15.8 Å². The van der Waals surface area contributed by atoms with E-state index in [-0.39, 0.29) is 22.4 Å². The number of amides is 1. The van der Waals surface area contributed by atoms with E-state index in [1.54, 1.807) is 0 Å². The van der Waals surface area contributed by atoms with E-state index in [0.29, 0.717) is 13.0 Å². The second kappa shape index (κ2) is 5.75. The number of hydrogen-bond donors (Lipinski definition) is 1. The first-order valence-corrected chi connectivity index (χ1v) is 8.58. The zero-order chi connectivity index (χ0) is 16.6. The number of nitrogens with two attached hydrogens (primary N) is 1. The van der Waals surface area contributed by atoms with Crippen LogP contribution in [0.5, 0.6) is 0 Å². The molecule has 0 spiro atoms. The van der Waals surface area contributed by atoms with Gasteiger partial charge in [0.2, 0.25) is 15.9 Å². The monoisotopic (exact) mass is 334 g/mol. The van der Waals surface area contributed by atoms with Crippen molar-refractivity contribution in [1.82, 2.24) is 0 Å². The van der Waals surface area contributed by atoms with Gasteiger partial charge in [-0.2, -0.15) is 0 Å². The van der Waals surface area contributed by atoms with Gasteiger partial charge in [-0.05, 0) is 23.8 Å². The van der Waals surface area contributed by atoms with Crippen LogP contribution in [0.15, 0.2) is 53.4 Å². The van der Waals surface area contributed by atoms with Crippen LogP contribution in [0, 0.1) is 5.82 Å². The molecule has 1 fully saturated rings. The number of sulfonamides is 1. The summed E-state index contributed by atoms with van der Waals surface area (Å²) in [5, 5.41) is 4.98. The van der Waals surface area contributed by atoms with Gasteiger partial charge in [-0.1, -0.05) is 30.3 Å². The van der Waals surface area contributed by atoms with E-state index in [0.717, 1.165) is 11.6 Å². The van der Waals surface area contributed by atoms with Gasteiger partial charge in [0.1, 0.15) is 5.82 Å². The van der Waals surface area contributed by atoms with Crippen LogP contribution in [0.3, 0.4) is 0 Å². The summed E-state index contributed by atoms with van der Waals surface area (Å²) in [4.78, 5) is 13.2. The highest BCUT2D eigenvalue weighted by atomic mass is 32.2. The van der Waals surface area contributed by atoms with Crippen molar-refractivity contribution in [3.8, 4) is 0 Å². The summed E-state index contributed by atoms with van der Waals surface area (Å²) in [5.41, 5.74) is 1.09. The van der Waals surface area contributed by atoms with Crippen LogP contribution in [0.2, 0.25) is 0 Å². The van der Waals surface area contributed by atoms with E-state index in [1.807, 2.05) is 30.3 Å². The molecule has 1 unspecified atom stereocenters. The van der Waals surface area contributed by atoms with Crippen molar-refractivity contribution in [3.05, 3.63) is 59.9 Å². The average Bonchev–Trinajstić information content (AvgIpc) is 2.89. The summed E-state index contributed by atoms with van der Waals surface area (Å²) in [6.07, 6.45) is 0.292. The number of anilines is 1. The fourth-order valence-electron chi connectivity index (χ4n) is 2.77. The van der Waals surface area contributed by atoms with E-state index in [1.165, 1.54) is 17.0 Å². The van der Waals surface area contributed by atoms with Crippen molar-refractivity contribution in [2.24, 2.45) is 5.14 Å². The first-order chi connectivity index (χ1) is 10.9. The van der Waals surface area contributed by atoms with E-state index in [9.17, 15) is 17.6 Å². The first kappa shape index (κ1) is 15.6. The minimum Gasteiger partial charge on any atom is -0.309 e. The molecule has 2 N–H and O–H groups in total. The molecule has 2 aromatic rings. The molecule has 7 heteroatoms. The molecule has 1 heterocycles. The molecular weight excluding hydrogens is 319 g/mol. The van der Waals surface area contributed by atoms with Gasteiger partial charge in [0.05, 0.1) is 10.6 Å². The first-order valence-electron chi connectivity index (χ1n) is 7.04. The van der Waals surface area contributed by atoms with Gasteiger partial charge < -0.3 is 4.90 Å². The third-order valence-corrected chi connectivity index (χ3v) is 4.85. The summed E-state index contributed by atoms with van der Waals surface area (Å²) in [6, 6.07) is 12.9. The number of carbonyl (C=O) groups is 1. The van der Waals surface area contributed by atoms with Crippen molar-refractivity contribution in [2.45, 2.75) is 17.2 Å². The van der Waals surface area contributed by atoms with E-state index in [4.69, 9.17) is 5.14 Å². The molecular formula is C16H15FN2O3S. The number of hydrogen-bond acceptors (Lipinski definition) is 3. The molecule has 5 nitrogen and oxygen atoms in total. The molecule has 1 aliphatic rings. The molecule has 0 bridgehead atoms. The number of benzene rings is 2. The van der Waals surface area contributed by atoms with Crippen LogP contribution in [0.4, 0.5) is 10.1 Å². The standard InChI is InChI=1S/C16H15FN2O3S/c17-14-9-13(23(18,21)22)6-7-15(14)19-10-12(8-16(19)20)11-4-2-1-3-5-11/h1-7,9,12H,8,10H2,(H2,18,21,22). The maximum absolute atomic E-state index is 14.2. The van der Waals surface area contributed by atoms with Crippen LogP contribution in [-0.2, 0) is 14.8 Å². The van der Waals surface area contributed by atoms with E-state index in [2.05, 4.69) is 0 Å². The average molecular weight is 334 g/mol. The highest BCUT2D eigenvalue weighted by molar-refractivity contribution is 7.89. The highest BCUT2D eigenvalue weighted by Crippen LogP contribution is 2.33. The second-order valence-electron chi connectivity index (χ2n) is 5.47. The molecule has 1 saturated heterocycles.